The average molecular weight is 188 g/mol. The first kappa shape index (κ1) is 8.80. The molecule has 0 radical (unpaired) electrons. The first-order valence-corrected chi connectivity index (χ1v) is 3.71. The van der Waals surface area contributed by atoms with Crippen LogP contribution >= 0.6 is 11.6 Å². The number of nitro benzene ring substituents is 1. The molecule has 5 heteroatoms. The van der Waals surface area contributed by atoms with Gasteiger partial charge in [-0.25, -0.2) is 0 Å². The molecule has 1 aromatic carbocycles. The van der Waals surface area contributed by atoms with Crippen LogP contribution in [0.5, 0.6) is 5.75 Å². The highest BCUT2D eigenvalue weighted by atomic mass is 35.5. The number of nitro groups is 1. The predicted molar refractivity (Wildman–Crippen MR) is 44.3 cm³/mol. The van der Waals surface area contributed by atoms with Gasteiger partial charge in [-0.05, 0) is 6.07 Å². The van der Waals surface area contributed by atoms with E-state index in [9.17, 15) is 10.1 Å². The van der Waals surface area contributed by atoms with Crippen LogP contribution in [0.15, 0.2) is 18.2 Å². The molecule has 1 aromatic rings. The van der Waals surface area contributed by atoms with Crippen LogP contribution in [-0.2, 0) is 5.88 Å². The average Bonchev–Trinajstić information content (AvgIpc) is 2.03. The summed E-state index contributed by atoms with van der Waals surface area (Å²) in [7, 11) is 0. The van der Waals surface area contributed by atoms with Crippen LogP contribution in [0.2, 0.25) is 0 Å². The van der Waals surface area contributed by atoms with Gasteiger partial charge in [0.1, 0.15) is 0 Å². The van der Waals surface area contributed by atoms with Crippen molar-refractivity contribution in [2.75, 3.05) is 0 Å². The quantitative estimate of drug-likeness (QED) is 0.438. The number of para-hydroxylation sites is 1. The van der Waals surface area contributed by atoms with Crippen LogP contribution < -0.4 is 0 Å². The molecular formula is C7H6ClNO3. The molecule has 1 rings (SSSR count). The van der Waals surface area contributed by atoms with E-state index in [-0.39, 0.29) is 17.3 Å². The van der Waals surface area contributed by atoms with E-state index in [1.807, 2.05) is 0 Å². The first-order valence-electron chi connectivity index (χ1n) is 3.18. The summed E-state index contributed by atoms with van der Waals surface area (Å²) in [6.45, 7) is 0. The van der Waals surface area contributed by atoms with Crippen LogP contribution in [0.1, 0.15) is 5.56 Å². The van der Waals surface area contributed by atoms with Gasteiger partial charge in [0.05, 0.1) is 10.8 Å². The van der Waals surface area contributed by atoms with Gasteiger partial charge in [0.2, 0.25) is 0 Å². The number of aromatic hydroxyl groups is 1. The number of alkyl halides is 1. The molecule has 64 valence electrons. The Morgan fingerprint density at radius 1 is 1.58 bits per heavy atom. The molecule has 4 nitrogen and oxygen atoms in total. The highest BCUT2D eigenvalue weighted by molar-refractivity contribution is 6.17. The van der Waals surface area contributed by atoms with E-state index in [2.05, 4.69) is 0 Å². The number of rotatable bonds is 2. The highest BCUT2D eigenvalue weighted by Crippen LogP contribution is 2.30. The van der Waals surface area contributed by atoms with Gasteiger partial charge in [0, 0.05) is 5.56 Å². The summed E-state index contributed by atoms with van der Waals surface area (Å²) in [6, 6.07) is 4.28. The fourth-order valence-electron chi connectivity index (χ4n) is 0.896. The van der Waals surface area contributed by atoms with Crippen LogP contribution in [0.4, 0.5) is 5.69 Å². The van der Waals surface area contributed by atoms with E-state index in [4.69, 9.17) is 16.7 Å². The van der Waals surface area contributed by atoms with Crippen molar-refractivity contribution in [3.8, 4) is 5.75 Å². The van der Waals surface area contributed by atoms with Gasteiger partial charge in [0.15, 0.2) is 5.75 Å². The molecule has 0 saturated heterocycles. The molecule has 0 atom stereocenters. The van der Waals surface area contributed by atoms with Crippen molar-refractivity contribution in [1.29, 1.82) is 0 Å². The van der Waals surface area contributed by atoms with E-state index in [0.717, 1.165) is 0 Å². The minimum Gasteiger partial charge on any atom is -0.502 e. The topological polar surface area (TPSA) is 63.4 Å². The highest BCUT2D eigenvalue weighted by Gasteiger charge is 2.17. The zero-order valence-electron chi connectivity index (χ0n) is 6.03. The fraction of sp³-hybridized carbons (Fsp3) is 0.143. The van der Waals surface area contributed by atoms with E-state index in [0.29, 0.717) is 5.56 Å². The molecule has 0 amide bonds. The minimum absolute atomic E-state index is 0.0186. The first-order chi connectivity index (χ1) is 5.66. The van der Waals surface area contributed by atoms with Crippen molar-refractivity contribution >= 4 is 17.3 Å². The molecule has 0 aliphatic carbocycles. The summed E-state index contributed by atoms with van der Waals surface area (Å²) in [5.41, 5.74) is 0.00849. The summed E-state index contributed by atoms with van der Waals surface area (Å²) >= 11 is 5.43. The number of nitrogens with zero attached hydrogens (tertiary/aromatic N) is 1. The Balaban J connectivity index is 3.29. The number of hydrogen-bond donors (Lipinski definition) is 1. The van der Waals surface area contributed by atoms with Crippen molar-refractivity contribution < 1.29 is 10.0 Å². The second-order valence-electron chi connectivity index (χ2n) is 2.18. The molecule has 1 N–H and O–H groups in total. The predicted octanol–water partition coefficient (Wildman–Crippen LogP) is 2.04. The lowest BCUT2D eigenvalue weighted by atomic mass is 10.2. The van der Waals surface area contributed by atoms with Crippen LogP contribution in [0, 0.1) is 10.1 Å². The molecule has 0 unspecified atom stereocenters. The standard InChI is InChI=1S/C7H6ClNO3/c8-4-5-2-1-3-6(10)7(5)9(11)12/h1-3,10H,4H2. The minimum atomic E-state index is -0.646. The van der Waals surface area contributed by atoms with E-state index < -0.39 is 4.92 Å². The molecule has 0 spiro atoms. The third-order valence-corrected chi connectivity index (χ3v) is 1.71. The monoisotopic (exact) mass is 187 g/mol. The van der Waals surface area contributed by atoms with E-state index in [1.54, 1.807) is 0 Å². The molecule has 0 aliphatic heterocycles. The lowest BCUT2D eigenvalue weighted by Gasteiger charge is -1.99. The summed E-state index contributed by atoms with van der Waals surface area (Å²) in [6.07, 6.45) is 0. The van der Waals surface area contributed by atoms with Crippen molar-refractivity contribution in [2.24, 2.45) is 0 Å². The van der Waals surface area contributed by atoms with Crippen LogP contribution in [0.25, 0.3) is 0 Å². The Hall–Kier alpha value is -1.29. The van der Waals surface area contributed by atoms with E-state index >= 15 is 0 Å². The summed E-state index contributed by atoms with van der Waals surface area (Å²) < 4.78 is 0. The van der Waals surface area contributed by atoms with Gasteiger partial charge in [-0.2, -0.15) is 0 Å². The number of hydrogen-bond acceptors (Lipinski definition) is 3. The van der Waals surface area contributed by atoms with Crippen molar-refractivity contribution in [3.05, 3.63) is 33.9 Å². The van der Waals surface area contributed by atoms with Gasteiger partial charge in [-0.3, -0.25) is 10.1 Å². The smallest absolute Gasteiger partial charge is 0.315 e. The maximum absolute atomic E-state index is 10.4. The molecule has 0 fully saturated rings. The maximum Gasteiger partial charge on any atom is 0.315 e. The Kier molecular flexibility index (Phi) is 2.50. The normalized spacial score (nSPS) is 9.75. The van der Waals surface area contributed by atoms with Gasteiger partial charge in [0.25, 0.3) is 0 Å². The van der Waals surface area contributed by atoms with Crippen LogP contribution in [0.3, 0.4) is 0 Å². The number of benzene rings is 1. The SMILES string of the molecule is O=[N+]([O-])c1c(O)cccc1CCl. The van der Waals surface area contributed by atoms with Crippen molar-refractivity contribution in [3.63, 3.8) is 0 Å². The zero-order chi connectivity index (χ0) is 9.14. The lowest BCUT2D eigenvalue weighted by Crippen LogP contribution is -1.93. The molecule has 0 bridgehead atoms. The Labute approximate surface area is 73.5 Å². The maximum atomic E-state index is 10.4. The molecule has 0 aliphatic rings. The second-order valence-corrected chi connectivity index (χ2v) is 2.44. The van der Waals surface area contributed by atoms with Crippen molar-refractivity contribution in [1.82, 2.24) is 0 Å². The molecule has 0 aromatic heterocycles. The Morgan fingerprint density at radius 2 is 2.25 bits per heavy atom. The number of halogens is 1. The summed E-state index contributed by atoms with van der Waals surface area (Å²) in [5, 5.41) is 19.5. The zero-order valence-corrected chi connectivity index (χ0v) is 6.78. The third kappa shape index (κ3) is 1.48. The van der Waals surface area contributed by atoms with Crippen LogP contribution in [-0.4, -0.2) is 10.0 Å². The number of phenols is 1. The molecule has 0 saturated carbocycles. The fourth-order valence-corrected chi connectivity index (χ4v) is 1.11. The molecule has 0 heterocycles. The van der Waals surface area contributed by atoms with Crippen molar-refractivity contribution in [2.45, 2.75) is 5.88 Å². The molecular weight excluding hydrogens is 182 g/mol. The lowest BCUT2D eigenvalue weighted by molar-refractivity contribution is -0.386. The second kappa shape index (κ2) is 3.40. The summed E-state index contributed by atoms with van der Waals surface area (Å²) in [4.78, 5) is 9.74. The van der Waals surface area contributed by atoms with Gasteiger partial charge >= 0.3 is 5.69 Å². The Morgan fingerprint density at radius 3 is 2.67 bits per heavy atom. The summed E-state index contributed by atoms with van der Waals surface area (Å²) in [5.74, 6) is -0.330. The molecule has 12 heavy (non-hydrogen) atoms. The van der Waals surface area contributed by atoms with Gasteiger partial charge in [-0.15, -0.1) is 11.6 Å². The van der Waals surface area contributed by atoms with Gasteiger partial charge in [-0.1, -0.05) is 12.1 Å². The largest absolute Gasteiger partial charge is 0.502 e. The Bertz CT molecular complexity index is 314. The van der Waals surface area contributed by atoms with E-state index in [1.165, 1.54) is 18.2 Å². The number of phenolic OH excluding ortho intramolecular Hbond substituents is 1. The van der Waals surface area contributed by atoms with Gasteiger partial charge < -0.3 is 5.11 Å². The third-order valence-electron chi connectivity index (χ3n) is 1.42.